The molecule has 96 valence electrons. The zero-order valence-electron chi connectivity index (χ0n) is 10.2. The van der Waals surface area contributed by atoms with Gasteiger partial charge in [0.2, 0.25) is 0 Å². The van der Waals surface area contributed by atoms with E-state index in [-0.39, 0.29) is 11.9 Å². The lowest BCUT2D eigenvalue weighted by Crippen LogP contribution is -2.05. The molecule has 0 N–H and O–H groups in total. The fraction of sp³-hybridized carbons (Fsp3) is 0.133. The highest BCUT2D eigenvalue weighted by molar-refractivity contribution is 7.99. The summed E-state index contributed by atoms with van der Waals surface area (Å²) >= 11 is 7.67. The minimum absolute atomic E-state index is 0.192. The van der Waals surface area contributed by atoms with Gasteiger partial charge in [-0.15, -0.1) is 0 Å². The lowest BCUT2D eigenvalue weighted by atomic mass is 10.0. The van der Waals surface area contributed by atoms with Crippen molar-refractivity contribution in [3.05, 3.63) is 53.1 Å². The Morgan fingerprint density at radius 2 is 1.84 bits per heavy atom. The Labute approximate surface area is 120 Å². The third-order valence-corrected chi connectivity index (χ3v) is 4.65. The number of benzene rings is 2. The van der Waals surface area contributed by atoms with E-state index >= 15 is 0 Å². The zero-order chi connectivity index (χ0) is 13.4. The van der Waals surface area contributed by atoms with Crippen molar-refractivity contribution in [1.82, 2.24) is 0 Å². The Hall–Kier alpha value is -1.45. The van der Waals surface area contributed by atoms with Gasteiger partial charge in [0.05, 0.1) is 15.8 Å². The first-order valence-electron chi connectivity index (χ1n) is 5.94. The maximum absolute atomic E-state index is 11.6. The second kappa shape index (κ2) is 4.91. The fourth-order valence-corrected chi connectivity index (χ4v) is 3.22. The Balaban J connectivity index is 2.00. The number of rotatable bonds is 2. The molecule has 0 fully saturated rings. The predicted molar refractivity (Wildman–Crippen MR) is 76.1 cm³/mol. The molecule has 0 radical (unpaired) electrons. The minimum Gasteiger partial charge on any atom is -0.425 e. The van der Waals surface area contributed by atoms with Crippen LogP contribution >= 0.6 is 23.4 Å². The van der Waals surface area contributed by atoms with Crippen LogP contribution < -0.4 is 4.74 Å². The number of carbonyl (C=O) groups excluding carboxylic acids is 1. The van der Waals surface area contributed by atoms with Gasteiger partial charge >= 0.3 is 5.97 Å². The number of hydrogen-bond donors (Lipinski definition) is 0. The SMILES string of the molecule is CC1C(=O)Oc2c(Sc3ccccc3Cl)cccc21. The summed E-state index contributed by atoms with van der Waals surface area (Å²) in [5.74, 6) is 0.286. The summed E-state index contributed by atoms with van der Waals surface area (Å²) < 4.78 is 5.36. The molecule has 0 bridgehead atoms. The van der Waals surface area contributed by atoms with Gasteiger partial charge in [-0.25, -0.2) is 0 Å². The Bertz CT molecular complexity index is 654. The molecule has 1 aliphatic rings. The number of carbonyl (C=O) groups is 1. The molecular formula is C15H11ClO2S. The van der Waals surface area contributed by atoms with Crippen LogP contribution in [-0.2, 0) is 4.79 Å². The van der Waals surface area contributed by atoms with E-state index in [2.05, 4.69) is 0 Å². The normalized spacial score (nSPS) is 17.2. The maximum Gasteiger partial charge on any atom is 0.318 e. The van der Waals surface area contributed by atoms with E-state index in [9.17, 15) is 4.79 Å². The highest BCUT2D eigenvalue weighted by Crippen LogP contribution is 2.45. The smallest absolute Gasteiger partial charge is 0.318 e. The minimum atomic E-state index is -0.193. The molecule has 19 heavy (non-hydrogen) atoms. The first-order chi connectivity index (χ1) is 9.16. The molecule has 2 aromatic rings. The summed E-state index contributed by atoms with van der Waals surface area (Å²) in [7, 11) is 0. The van der Waals surface area contributed by atoms with Crippen molar-refractivity contribution in [2.24, 2.45) is 0 Å². The monoisotopic (exact) mass is 290 g/mol. The van der Waals surface area contributed by atoms with Crippen molar-refractivity contribution in [3.8, 4) is 5.75 Å². The van der Waals surface area contributed by atoms with Gasteiger partial charge in [0.25, 0.3) is 0 Å². The van der Waals surface area contributed by atoms with Crippen molar-refractivity contribution in [2.45, 2.75) is 22.6 Å². The van der Waals surface area contributed by atoms with E-state index in [0.717, 1.165) is 15.4 Å². The third kappa shape index (κ3) is 2.24. The molecule has 1 aliphatic heterocycles. The highest BCUT2D eigenvalue weighted by Gasteiger charge is 2.31. The number of para-hydroxylation sites is 1. The van der Waals surface area contributed by atoms with Gasteiger partial charge in [0, 0.05) is 10.5 Å². The molecule has 0 amide bonds. The second-order valence-corrected chi connectivity index (χ2v) is 5.84. The van der Waals surface area contributed by atoms with E-state index in [1.54, 1.807) is 0 Å². The lowest BCUT2D eigenvalue weighted by Gasteiger charge is -2.07. The summed E-state index contributed by atoms with van der Waals surface area (Å²) in [6.45, 7) is 1.86. The van der Waals surface area contributed by atoms with Crippen molar-refractivity contribution in [1.29, 1.82) is 0 Å². The summed E-state index contributed by atoms with van der Waals surface area (Å²) in [6.07, 6.45) is 0. The van der Waals surface area contributed by atoms with E-state index < -0.39 is 0 Å². The molecule has 0 saturated heterocycles. The molecule has 0 saturated carbocycles. The van der Waals surface area contributed by atoms with Gasteiger partial charge in [-0.3, -0.25) is 4.79 Å². The van der Waals surface area contributed by atoms with Gasteiger partial charge in [-0.2, -0.15) is 0 Å². The average molecular weight is 291 g/mol. The van der Waals surface area contributed by atoms with Crippen LogP contribution in [0.15, 0.2) is 52.3 Å². The van der Waals surface area contributed by atoms with Crippen LogP contribution in [0, 0.1) is 0 Å². The molecule has 2 aromatic carbocycles. The largest absolute Gasteiger partial charge is 0.425 e. The quantitative estimate of drug-likeness (QED) is 0.601. The van der Waals surface area contributed by atoms with Crippen LogP contribution in [0.2, 0.25) is 5.02 Å². The van der Waals surface area contributed by atoms with E-state index in [4.69, 9.17) is 16.3 Å². The first-order valence-corrected chi connectivity index (χ1v) is 7.13. The van der Waals surface area contributed by atoms with Gasteiger partial charge < -0.3 is 4.74 Å². The first kappa shape index (κ1) is 12.6. The van der Waals surface area contributed by atoms with Crippen LogP contribution in [0.5, 0.6) is 5.75 Å². The summed E-state index contributed by atoms with van der Waals surface area (Å²) in [5, 5.41) is 0.697. The third-order valence-electron chi connectivity index (χ3n) is 3.09. The van der Waals surface area contributed by atoms with Crippen molar-refractivity contribution < 1.29 is 9.53 Å². The lowest BCUT2D eigenvalue weighted by molar-refractivity contribution is -0.133. The summed E-state index contributed by atoms with van der Waals surface area (Å²) in [4.78, 5) is 13.5. The number of hydrogen-bond acceptors (Lipinski definition) is 3. The van der Waals surface area contributed by atoms with Crippen LogP contribution in [0.4, 0.5) is 0 Å². The standard InChI is InChI=1S/C15H11ClO2S/c1-9-10-5-4-8-13(14(10)18-15(9)17)19-12-7-3-2-6-11(12)16/h2-9H,1H3. The molecule has 4 heteroatoms. The summed E-state index contributed by atoms with van der Waals surface area (Å²) in [6, 6.07) is 13.4. The van der Waals surface area contributed by atoms with Gasteiger partial charge in [0.1, 0.15) is 5.75 Å². The average Bonchev–Trinajstić information content (AvgIpc) is 2.70. The van der Waals surface area contributed by atoms with Gasteiger partial charge in [-0.05, 0) is 25.1 Å². The number of ether oxygens (including phenoxy) is 1. The van der Waals surface area contributed by atoms with Crippen molar-refractivity contribution in [2.75, 3.05) is 0 Å². The molecule has 1 atom stereocenters. The Kier molecular flexibility index (Phi) is 3.25. The number of fused-ring (bicyclic) bond motifs is 1. The molecule has 1 unspecified atom stereocenters. The highest BCUT2D eigenvalue weighted by atomic mass is 35.5. The van der Waals surface area contributed by atoms with E-state index in [1.165, 1.54) is 11.8 Å². The van der Waals surface area contributed by atoms with Gasteiger partial charge in [0.15, 0.2) is 0 Å². The van der Waals surface area contributed by atoms with Crippen LogP contribution in [0.25, 0.3) is 0 Å². The van der Waals surface area contributed by atoms with Gasteiger partial charge in [-0.1, -0.05) is 47.6 Å². The second-order valence-electron chi connectivity index (χ2n) is 4.35. The maximum atomic E-state index is 11.6. The zero-order valence-corrected chi connectivity index (χ0v) is 11.8. The van der Waals surface area contributed by atoms with Crippen molar-refractivity contribution >= 4 is 29.3 Å². The number of esters is 1. The molecule has 0 aliphatic carbocycles. The number of halogens is 1. The Morgan fingerprint density at radius 1 is 1.11 bits per heavy atom. The summed E-state index contributed by atoms with van der Waals surface area (Å²) in [5.41, 5.74) is 0.946. The molecule has 2 nitrogen and oxygen atoms in total. The molecule has 1 heterocycles. The molecule has 0 aromatic heterocycles. The van der Waals surface area contributed by atoms with Crippen LogP contribution in [0.1, 0.15) is 18.4 Å². The fourth-order valence-electron chi connectivity index (χ4n) is 2.03. The molecule has 0 spiro atoms. The van der Waals surface area contributed by atoms with E-state index in [0.29, 0.717) is 10.8 Å². The Morgan fingerprint density at radius 3 is 2.63 bits per heavy atom. The van der Waals surface area contributed by atoms with Crippen LogP contribution in [-0.4, -0.2) is 5.97 Å². The predicted octanol–water partition coefficient (Wildman–Crippen LogP) is 4.51. The van der Waals surface area contributed by atoms with E-state index in [1.807, 2.05) is 49.4 Å². The molecular weight excluding hydrogens is 280 g/mol. The topological polar surface area (TPSA) is 26.3 Å². The van der Waals surface area contributed by atoms with Crippen LogP contribution in [0.3, 0.4) is 0 Å². The molecule has 3 rings (SSSR count). The van der Waals surface area contributed by atoms with Crippen molar-refractivity contribution in [3.63, 3.8) is 0 Å².